The zero-order chi connectivity index (χ0) is 18.6. The van der Waals surface area contributed by atoms with Crippen LogP contribution in [0.1, 0.15) is 43.0 Å². The van der Waals surface area contributed by atoms with Crippen molar-refractivity contribution in [1.82, 2.24) is 9.62 Å². The first-order chi connectivity index (χ1) is 11.8. The van der Waals surface area contributed by atoms with E-state index in [-0.39, 0.29) is 24.9 Å². The third-order valence-electron chi connectivity index (χ3n) is 4.22. The molecule has 0 radical (unpaired) electrons. The molecule has 5 nitrogen and oxygen atoms in total. The number of sulfonamides is 1. The van der Waals surface area contributed by atoms with E-state index in [2.05, 4.69) is 5.32 Å². The number of hydrogen-bond acceptors (Lipinski definition) is 3. The van der Waals surface area contributed by atoms with E-state index in [0.29, 0.717) is 25.3 Å². The van der Waals surface area contributed by atoms with Crippen LogP contribution >= 0.6 is 0 Å². The molecular formula is C16H21F3N2O3S. The predicted octanol–water partition coefficient (Wildman–Crippen LogP) is 2.43. The minimum absolute atomic E-state index is 0.0978. The van der Waals surface area contributed by atoms with E-state index in [4.69, 9.17) is 0 Å². The molecular weight excluding hydrogens is 357 g/mol. The van der Waals surface area contributed by atoms with Gasteiger partial charge in [0.2, 0.25) is 10.0 Å². The summed E-state index contributed by atoms with van der Waals surface area (Å²) >= 11 is 0. The van der Waals surface area contributed by atoms with Crippen LogP contribution in [0.15, 0.2) is 12.1 Å². The Morgan fingerprint density at radius 1 is 1.20 bits per heavy atom. The second kappa shape index (κ2) is 8.18. The average molecular weight is 378 g/mol. The van der Waals surface area contributed by atoms with Gasteiger partial charge in [0.25, 0.3) is 5.91 Å². The second-order valence-corrected chi connectivity index (χ2v) is 8.13. The maximum Gasteiger partial charge on any atom is 0.254 e. The molecule has 25 heavy (non-hydrogen) atoms. The lowest BCUT2D eigenvalue weighted by atomic mass is 10.1. The molecule has 9 heteroatoms. The third kappa shape index (κ3) is 4.72. The molecule has 1 heterocycles. The maximum absolute atomic E-state index is 13.6. The Bertz CT molecular complexity index is 732. The smallest absolute Gasteiger partial charge is 0.254 e. The van der Waals surface area contributed by atoms with E-state index in [0.717, 1.165) is 12.5 Å². The fourth-order valence-corrected chi connectivity index (χ4v) is 4.38. The molecule has 2 rings (SSSR count). The highest BCUT2D eigenvalue weighted by atomic mass is 32.2. The Morgan fingerprint density at radius 3 is 2.44 bits per heavy atom. The summed E-state index contributed by atoms with van der Waals surface area (Å²) in [7, 11) is -3.30. The molecule has 140 valence electrons. The fraction of sp³-hybridized carbons (Fsp3) is 0.562. The number of nitrogens with zero attached hydrogens (tertiary/aromatic N) is 1. The second-order valence-electron chi connectivity index (χ2n) is 6.04. The number of carbonyl (C=O) groups is 1. The van der Waals surface area contributed by atoms with Crippen molar-refractivity contribution in [3.63, 3.8) is 0 Å². The highest BCUT2D eigenvalue weighted by Crippen LogP contribution is 2.18. The monoisotopic (exact) mass is 378 g/mol. The predicted molar refractivity (Wildman–Crippen MR) is 87.1 cm³/mol. The summed E-state index contributed by atoms with van der Waals surface area (Å²) in [5, 5.41) is 2.55. The Morgan fingerprint density at radius 2 is 1.84 bits per heavy atom. The molecule has 0 spiro atoms. The topological polar surface area (TPSA) is 66.5 Å². The van der Waals surface area contributed by atoms with Crippen LogP contribution in [0.3, 0.4) is 0 Å². The van der Waals surface area contributed by atoms with E-state index in [1.54, 1.807) is 0 Å². The number of halogens is 3. The van der Waals surface area contributed by atoms with Crippen LogP contribution in [-0.4, -0.2) is 43.5 Å². The van der Waals surface area contributed by atoms with Crippen molar-refractivity contribution in [2.24, 2.45) is 0 Å². The number of benzene rings is 1. The van der Waals surface area contributed by atoms with Crippen LogP contribution in [0, 0.1) is 17.5 Å². The van der Waals surface area contributed by atoms with Crippen molar-refractivity contribution in [2.75, 3.05) is 18.8 Å². The molecule has 0 aromatic heterocycles. The van der Waals surface area contributed by atoms with Crippen LogP contribution in [0.2, 0.25) is 0 Å². The maximum atomic E-state index is 13.6. The van der Waals surface area contributed by atoms with Gasteiger partial charge in [-0.05, 0) is 31.4 Å². The van der Waals surface area contributed by atoms with Crippen molar-refractivity contribution in [1.29, 1.82) is 0 Å². The van der Waals surface area contributed by atoms with Gasteiger partial charge >= 0.3 is 0 Å². The SMILES string of the molecule is CCCCS(=O)(=O)N1CCC(NC(=O)c2ccc(F)c(F)c2F)CC1. The molecule has 1 fully saturated rings. The summed E-state index contributed by atoms with van der Waals surface area (Å²) in [4.78, 5) is 12.0. The Kier molecular flexibility index (Phi) is 6.45. The van der Waals surface area contributed by atoms with Crippen LogP contribution in [-0.2, 0) is 10.0 Å². The first-order valence-corrected chi connectivity index (χ1v) is 9.79. The largest absolute Gasteiger partial charge is 0.349 e. The average Bonchev–Trinajstić information content (AvgIpc) is 2.58. The van der Waals surface area contributed by atoms with E-state index in [1.807, 2.05) is 6.92 Å². The first-order valence-electron chi connectivity index (χ1n) is 8.18. The van der Waals surface area contributed by atoms with Gasteiger partial charge in [0.15, 0.2) is 17.5 Å². The lowest BCUT2D eigenvalue weighted by Gasteiger charge is -2.31. The Hall–Kier alpha value is -1.61. The Labute approximate surface area is 145 Å². The summed E-state index contributed by atoms with van der Waals surface area (Å²) in [5.41, 5.74) is -0.572. The van der Waals surface area contributed by atoms with Gasteiger partial charge in [0, 0.05) is 19.1 Å². The van der Waals surface area contributed by atoms with Gasteiger partial charge < -0.3 is 5.32 Å². The van der Waals surface area contributed by atoms with Crippen LogP contribution in [0.5, 0.6) is 0 Å². The van der Waals surface area contributed by atoms with Gasteiger partial charge in [-0.1, -0.05) is 13.3 Å². The molecule has 0 atom stereocenters. The van der Waals surface area contributed by atoms with Crippen LogP contribution in [0.4, 0.5) is 13.2 Å². The summed E-state index contributed by atoms with van der Waals surface area (Å²) < 4.78 is 65.4. The first kappa shape index (κ1) is 19.7. The number of piperidine rings is 1. The van der Waals surface area contributed by atoms with Gasteiger partial charge in [-0.2, -0.15) is 0 Å². The quantitative estimate of drug-likeness (QED) is 0.773. The minimum Gasteiger partial charge on any atom is -0.349 e. The molecule has 1 amide bonds. The molecule has 0 saturated carbocycles. The molecule has 1 aliphatic heterocycles. The van der Waals surface area contributed by atoms with E-state index in [1.165, 1.54) is 4.31 Å². The summed E-state index contributed by atoms with van der Waals surface area (Å²) in [5.74, 6) is -5.33. The number of carbonyl (C=O) groups excluding carboxylic acids is 1. The molecule has 0 bridgehead atoms. The fourth-order valence-electron chi connectivity index (χ4n) is 2.70. The van der Waals surface area contributed by atoms with Crippen molar-refractivity contribution in [3.05, 3.63) is 35.1 Å². The van der Waals surface area contributed by atoms with E-state index >= 15 is 0 Å². The lowest BCUT2D eigenvalue weighted by Crippen LogP contribution is -2.47. The molecule has 1 N–H and O–H groups in total. The van der Waals surface area contributed by atoms with Gasteiger partial charge in [0.1, 0.15) is 0 Å². The molecule has 0 aliphatic carbocycles. The molecule has 0 unspecified atom stereocenters. The van der Waals surface area contributed by atoms with Crippen molar-refractivity contribution in [2.45, 2.75) is 38.6 Å². The molecule has 1 aromatic carbocycles. The number of nitrogens with one attached hydrogen (secondary N) is 1. The lowest BCUT2D eigenvalue weighted by molar-refractivity contribution is 0.0918. The van der Waals surface area contributed by atoms with Gasteiger partial charge in [0.05, 0.1) is 11.3 Å². The van der Waals surface area contributed by atoms with Crippen LogP contribution in [0.25, 0.3) is 0 Å². The van der Waals surface area contributed by atoms with Crippen LogP contribution < -0.4 is 5.32 Å². The molecule has 1 saturated heterocycles. The van der Waals surface area contributed by atoms with E-state index in [9.17, 15) is 26.4 Å². The zero-order valence-electron chi connectivity index (χ0n) is 13.9. The molecule has 1 aromatic rings. The number of hydrogen-bond donors (Lipinski definition) is 1. The van der Waals surface area contributed by atoms with Gasteiger partial charge in [-0.25, -0.2) is 25.9 Å². The number of unbranched alkanes of at least 4 members (excludes halogenated alkanes) is 1. The van der Waals surface area contributed by atoms with Crippen molar-refractivity contribution in [3.8, 4) is 0 Å². The standard InChI is InChI=1S/C16H21F3N2O3S/c1-2-3-10-25(23,24)21-8-6-11(7-9-21)20-16(22)12-4-5-13(17)15(19)14(12)18/h4-5,11H,2-3,6-10H2,1H3,(H,20,22). The highest BCUT2D eigenvalue weighted by Gasteiger charge is 2.29. The summed E-state index contributed by atoms with van der Waals surface area (Å²) in [6.45, 7) is 2.43. The Balaban J connectivity index is 1.94. The van der Waals surface area contributed by atoms with E-state index < -0.39 is 38.9 Å². The van der Waals surface area contributed by atoms with Gasteiger partial charge in [-0.3, -0.25) is 4.79 Å². The number of amides is 1. The summed E-state index contributed by atoms with van der Waals surface area (Å²) in [6.07, 6.45) is 2.13. The third-order valence-corrected chi connectivity index (χ3v) is 6.17. The highest BCUT2D eigenvalue weighted by molar-refractivity contribution is 7.89. The normalized spacial score (nSPS) is 16.8. The minimum atomic E-state index is -3.30. The summed E-state index contributed by atoms with van der Waals surface area (Å²) in [6, 6.07) is 1.22. The van der Waals surface area contributed by atoms with Crippen molar-refractivity contribution >= 4 is 15.9 Å². The number of rotatable bonds is 6. The molecule has 1 aliphatic rings. The zero-order valence-corrected chi connectivity index (χ0v) is 14.7. The van der Waals surface area contributed by atoms with Crippen molar-refractivity contribution < 1.29 is 26.4 Å². The van der Waals surface area contributed by atoms with Gasteiger partial charge in [-0.15, -0.1) is 0 Å².